The summed E-state index contributed by atoms with van der Waals surface area (Å²) in [6.07, 6.45) is 8.34. The number of benzene rings is 1. The van der Waals surface area contributed by atoms with E-state index in [9.17, 15) is 14.7 Å². The zero-order valence-corrected chi connectivity index (χ0v) is 23.6. The molecule has 0 saturated carbocycles. The van der Waals surface area contributed by atoms with E-state index in [2.05, 4.69) is 35.4 Å². The lowest BCUT2D eigenvalue weighted by atomic mass is 10.0. The highest BCUT2D eigenvalue weighted by Crippen LogP contribution is 2.39. The number of nitrogens with zero attached hydrogens (tertiary/aromatic N) is 1. The lowest BCUT2D eigenvalue weighted by Crippen LogP contribution is -2.40. The summed E-state index contributed by atoms with van der Waals surface area (Å²) in [5.41, 5.74) is 1.34. The van der Waals surface area contributed by atoms with E-state index in [1.807, 2.05) is 12.1 Å². The van der Waals surface area contributed by atoms with Gasteiger partial charge in [0.25, 0.3) is 5.91 Å². The maximum Gasteiger partial charge on any atom is 0.262 e. The molecule has 1 aromatic heterocycles. The molecule has 9 heteroatoms. The molecule has 38 heavy (non-hydrogen) atoms. The molecule has 0 fully saturated rings. The van der Waals surface area contributed by atoms with Gasteiger partial charge in [0, 0.05) is 30.4 Å². The van der Waals surface area contributed by atoms with Crippen molar-refractivity contribution in [1.82, 2.24) is 10.2 Å². The van der Waals surface area contributed by atoms with Crippen molar-refractivity contribution in [2.75, 3.05) is 31.6 Å². The van der Waals surface area contributed by atoms with Crippen LogP contribution in [0.3, 0.4) is 0 Å². The fourth-order valence-corrected chi connectivity index (χ4v) is 5.68. The molecule has 3 N–H and O–H groups in total. The Balaban J connectivity index is 0.00000507. The van der Waals surface area contributed by atoms with Crippen LogP contribution in [0.4, 0.5) is 5.69 Å². The first-order valence-electron chi connectivity index (χ1n) is 13.4. The number of ether oxygens (including phenoxy) is 1. The van der Waals surface area contributed by atoms with E-state index in [0.717, 1.165) is 74.4 Å². The highest BCUT2D eigenvalue weighted by Gasteiger charge is 2.22. The third kappa shape index (κ3) is 9.79. The summed E-state index contributed by atoms with van der Waals surface area (Å²) in [5, 5.41) is 16.1. The van der Waals surface area contributed by atoms with Crippen molar-refractivity contribution in [2.45, 2.75) is 85.1 Å². The first-order valence-corrected chi connectivity index (χ1v) is 14.6. The standard InChI is InChI=1S/C28H40ClN3O4S.CH4/c1-3-4-8-20(2)32(26(35)15-17-30-16-14-22-11-13-24(29)37-22)18-7-5-6-9-21-10-12-23(33)27-28(21)36-19-25(34)31-27;/h10-13,20,30,33H,3-9,14-19H2,1-2H3,(H,31,34);1H4/t20-;/m1./s1. The number of anilines is 1. The summed E-state index contributed by atoms with van der Waals surface area (Å²) in [7, 11) is 0. The van der Waals surface area contributed by atoms with Crippen molar-refractivity contribution < 1.29 is 19.4 Å². The molecular weight excluding hydrogens is 522 g/mol. The molecule has 0 aliphatic carbocycles. The third-order valence-electron chi connectivity index (χ3n) is 6.69. The molecule has 0 unspecified atom stereocenters. The van der Waals surface area contributed by atoms with E-state index in [0.29, 0.717) is 24.4 Å². The van der Waals surface area contributed by atoms with Gasteiger partial charge in [0.05, 0.1) is 4.34 Å². The van der Waals surface area contributed by atoms with Crippen LogP contribution in [0.2, 0.25) is 4.34 Å². The number of phenolic OH excluding ortho intramolecular Hbond substituents is 1. The van der Waals surface area contributed by atoms with Crippen LogP contribution in [-0.2, 0) is 22.4 Å². The Labute approximate surface area is 236 Å². The second kappa shape index (κ2) is 16.6. The summed E-state index contributed by atoms with van der Waals surface area (Å²) >= 11 is 7.60. The van der Waals surface area contributed by atoms with Gasteiger partial charge in [-0.05, 0) is 69.3 Å². The second-order valence-electron chi connectivity index (χ2n) is 9.63. The number of aryl methyl sites for hydroxylation is 1. The van der Waals surface area contributed by atoms with Crippen LogP contribution < -0.4 is 15.4 Å². The summed E-state index contributed by atoms with van der Waals surface area (Å²) in [5.74, 6) is 0.545. The maximum absolute atomic E-state index is 13.1. The highest BCUT2D eigenvalue weighted by atomic mass is 35.5. The molecule has 2 heterocycles. The quantitative estimate of drug-likeness (QED) is 0.161. The molecule has 0 bridgehead atoms. The number of phenols is 1. The minimum absolute atomic E-state index is 0. The van der Waals surface area contributed by atoms with Crippen LogP contribution in [0.1, 0.15) is 76.7 Å². The van der Waals surface area contributed by atoms with Crippen molar-refractivity contribution in [3.05, 3.63) is 39.0 Å². The Hall–Kier alpha value is -2.29. The van der Waals surface area contributed by atoms with Gasteiger partial charge in [0.1, 0.15) is 11.4 Å². The van der Waals surface area contributed by atoms with Crippen LogP contribution in [-0.4, -0.2) is 54.1 Å². The minimum atomic E-state index is -0.260. The van der Waals surface area contributed by atoms with E-state index in [-0.39, 0.29) is 37.6 Å². The van der Waals surface area contributed by atoms with E-state index < -0.39 is 0 Å². The van der Waals surface area contributed by atoms with Gasteiger partial charge in [-0.15, -0.1) is 11.3 Å². The molecule has 7 nitrogen and oxygen atoms in total. The largest absolute Gasteiger partial charge is 0.506 e. The van der Waals surface area contributed by atoms with Gasteiger partial charge in [-0.1, -0.05) is 51.3 Å². The Morgan fingerprint density at radius 2 is 2.00 bits per heavy atom. The van der Waals surface area contributed by atoms with Gasteiger partial charge in [0.15, 0.2) is 12.4 Å². The smallest absolute Gasteiger partial charge is 0.262 e. The summed E-state index contributed by atoms with van der Waals surface area (Å²) in [6, 6.07) is 7.67. The second-order valence-corrected chi connectivity index (χ2v) is 11.4. The number of carbonyl (C=O) groups excluding carboxylic acids is 2. The van der Waals surface area contributed by atoms with Crippen molar-refractivity contribution in [2.24, 2.45) is 0 Å². The number of nitrogens with one attached hydrogen (secondary N) is 2. The van der Waals surface area contributed by atoms with Crippen molar-refractivity contribution in [3.63, 3.8) is 0 Å². The van der Waals surface area contributed by atoms with E-state index >= 15 is 0 Å². The van der Waals surface area contributed by atoms with Gasteiger partial charge in [-0.25, -0.2) is 0 Å². The first-order chi connectivity index (χ1) is 17.9. The predicted molar refractivity (Wildman–Crippen MR) is 158 cm³/mol. The van der Waals surface area contributed by atoms with Crippen molar-refractivity contribution in [3.8, 4) is 11.5 Å². The molecule has 0 spiro atoms. The number of hydrogen-bond donors (Lipinski definition) is 3. The maximum atomic E-state index is 13.1. The molecule has 2 amide bonds. The van der Waals surface area contributed by atoms with Gasteiger partial charge in [-0.2, -0.15) is 0 Å². The highest BCUT2D eigenvalue weighted by molar-refractivity contribution is 7.16. The van der Waals surface area contributed by atoms with Crippen LogP contribution in [0, 0.1) is 0 Å². The molecule has 2 aromatic rings. The number of unbranched alkanes of at least 4 members (excludes halogenated alkanes) is 3. The summed E-state index contributed by atoms with van der Waals surface area (Å²) < 4.78 is 6.40. The SMILES string of the molecule is C.CCCC[C@@H](C)N(CCCCCc1ccc(O)c2c1OCC(=O)N2)C(=O)CCNCCc1ccc(Cl)s1. The average Bonchev–Trinajstić information content (AvgIpc) is 3.30. The van der Waals surface area contributed by atoms with E-state index in [1.165, 1.54) is 4.88 Å². The number of hydrogen-bond acceptors (Lipinski definition) is 6. The van der Waals surface area contributed by atoms with Crippen molar-refractivity contribution in [1.29, 1.82) is 0 Å². The zero-order valence-electron chi connectivity index (χ0n) is 22.0. The number of aromatic hydroxyl groups is 1. The fourth-order valence-electron chi connectivity index (χ4n) is 4.59. The lowest BCUT2D eigenvalue weighted by Gasteiger charge is -2.30. The Kier molecular flexibility index (Phi) is 14.0. The minimum Gasteiger partial charge on any atom is -0.506 e. The normalized spacial score (nSPS) is 13.2. The molecule has 0 saturated heterocycles. The molecule has 3 rings (SSSR count). The molecule has 1 aromatic carbocycles. The fraction of sp³-hybridized carbons (Fsp3) is 0.586. The molecule has 1 aliphatic heterocycles. The van der Waals surface area contributed by atoms with Crippen LogP contribution in [0.15, 0.2) is 24.3 Å². The lowest BCUT2D eigenvalue weighted by molar-refractivity contribution is -0.133. The van der Waals surface area contributed by atoms with Gasteiger partial charge in [-0.3, -0.25) is 9.59 Å². The van der Waals surface area contributed by atoms with Gasteiger partial charge < -0.3 is 25.4 Å². The number of rotatable bonds is 16. The predicted octanol–water partition coefficient (Wildman–Crippen LogP) is 6.42. The molecule has 0 radical (unpaired) electrons. The van der Waals surface area contributed by atoms with Gasteiger partial charge in [0.2, 0.25) is 5.91 Å². The molecular formula is C29H44ClN3O4S. The molecule has 212 valence electrons. The van der Waals surface area contributed by atoms with E-state index in [4.69, 9.17) is 16.3 Å². The molecule has 1 aliphatic rings. The van der Waals surface area contributed by atoms with Crippen LogP contribution in [0.25, 0.3) is 0 Å². The summed E-state index contributed by atoms with van der Waals surface area (Å²) in [4.78, 5) is 28.0. The zero-order chi connectivity index (χ0) is 26.6. The van der Waals surface area contributed by atoms with Crippen molar-refractivity contribution >= 4 is 40.4 Å². The van der Waals surface area contributed by atoms with Crippen LogP contribution >= 0.6 is 22.9 Å². The summed E-state index contributed by atoms with van der Waals surface area (Å²) in [6.45, 7) is 6.59. The number of fused-ring (bicyclic) bond motifs is 1. The average molecular weight is 566 g/mol. The third-order valence-corrected chi connectivity index (χ3v) is 7.99. The topological polar surface area (TPSA) is 90.9 Å². The number of halogens is 1. The molecule has 1 atom stereocenters. The Morgan fingerprint density at radius 1 is 1.18 bits per heavy atom. The number of amides is 2. The Bertz CT molecular complexity index is 1030. The van der Waals surface area contributed by atoms with Crippen LogP contribution in [0.5, 0.6) is 11.5 Å². The number of carbonyl (C=O) groups is 2. The van der Waals surface area contributed by atoms with E-state index in [1.54, 1.807) is 17.4 Å². The first kappa shape index (κ1) is 31.9. The number of thiophene rings is 1. The van der Waals surface area contributed by atoms with Gasteiger partial charge >= 0.3 is 0 Å². The monoisotopic (exact) mass is 565 g/mol. The Morgan fingerprint density at radius 3 is 2.74 bits per heavy atom.